The number of esters is 1. The molecule has 2 aliphatic rings. The third-order valence-electron chi connectivity index (χ3n) is 5.02. The Kier molecular flexibility index (Phi) is 5.46. The van der Waals surface area contributed by atoms with Crippen LogP contribution in [0.4, 0.5) is 10.5 Å². The van der Waals surface area contributed by atoms with Crippen LogP contribution in [0.25, 0.3) is 0 Å². The summed E-state index contributed by atoms with van der Waals surface area (Å²) in [6.07, 6.45) is -0.644. The van der Waals surface area contributed by atoms with E-state index in [0.717, 1.165) is 0 Å². The number of hydrogen-bond acceptors (Lipinski definition) is 9. The molecule has 2 aromatic rings. The average Bonchev–Trinajstić information content (AvgIpc) is 3.45. The summed E-state index contributed by atoms with van der Waals surface area (Å²) in [7, 11) is 1.26. The molecule has 3 heterocycles. The van der Waals surface area contributed by atoms with Crippen molar-refractivity contribution in [2.24, 2.45) is 0 Å². The van der Waals surface area contributed by atoms with Gasteiger partial charge in [0.1, 0.15) is 18.2 Å². The van der Waals surface area contributed by atoms with Gasteiger partial charge in [0.15, 0.2) is 17.6 Å². The summed E-state index contributed by atoms with van der Waals surface area (Å²) in [4.78, 5) is 35.1. The molecule has 0 spiro atoms. The molecule has 4 rings (SSSR count). The number of ketones is 1. The van der Waals surface area contributed by atoms with Gasteiger partial charge in [-0.15, -0.1) is 5.10 Å². The maximum absolute atomic E-state index is 12.2. The molecule has 4 atom stereocenters. The summed E-state index contributed by atoms with van der Waals surface area (Å²) in [6.45, 7) is 1.91. The van der Waals surface area contributed by atoms with Crippen LogP contribution in [0, 0.1) is 0 Å². The van der Waals surface area contributed by atoms with Crippen molar-refractivity contribution in [1.82, 2.24) is 15.0 Å². The van der Waals surface area contributed by atoms with Gasteiger partial charge in [-0.3, -0.25) is 10.1 Å². The number of Topliss-reactive ketones (excluding diaryl/α,β-unsaturated/α-hetero) is 1. The number of nitrogens with zero attached hydrogens (tertiary/aromatic N) is 3. The van der Waals surface area contributed by atoms with E-state index in [1.54, 1.807) is 24.3 Å². The zero-order valence-corrected chi connectivity index (χ0v) is 16.3. The number of ether oxygens (including phenoxy) is 4. The maximum Gasteiger partial charge on any atom is 0.412 e. The monoisotopic (exact) mass is 416 g/mol. The Labute approximate surface area is 171 Å². The van der Waals surface area contributed by atoms with E-state index in [4.69, 9.17) is 14.2 Å². The van der Waals surface area contributed by atoms with Crippen molar-refractivity contribution in [2.75, 3.05) is 25.6 Å². The number of hydrogen-bond donors (Lipinski definition) is 1. The topological polar surface area (TPSA) is 131 Å². The molecule has 11 heteroatoms. The van der Waals surface area contributed by atoms with Crippen molar-refractivity contribution in [3.05, 3.63) is 41.7 Å². The molecule has 30 heavy (non-hydrogen) atoms. The van der Waals surface area contributed by atoms with Gasteiger partial charge in [-0.2, -0.15) is 0 Å². The van der Waals surface area contributed by atoms with Crippen molar-refractivity contribution < 1.29 is 33.3 Å². The number of methoxy groups -OCH3 is 1. The molecular formula is C19H20N4O7. The number of aromatic nitrogens is 3. The fourth-order valence-electron chi connectivity index (χ4n) is 3.48. The van der Waals surface area contributed by atoms with Gasteiger partial charge in [-0.25, -0.2) is 14.3 Å². The number of anilines is 1. The Bertz CT molecular complexity index is 958. The molecule has 0 radical (unpaired) electrons. The number of benzene rings is 1. The van der Waals surface area contributed by atoms with Crippen LogP contribution >= 0.6 is 0 Å². The SMILES string of the molecule is COC(=O)c1cn([C@H]2CO[C@H]3[C@@H]2OC[C@H]3OC(=O)Nc2ccc(C(C)=O)cc2)nn1. The van der Waals surface area contributed by atoms with Crippen LogP contribution in [0.1, 0.15) is 33.8 Å². The van der Waals surface area contributed by atoms with Gasteiger partial charge < -0.3 is 18.9 Å². The summed E-state index contributed by atoms with van der Waals surface area (Å²) < 4.78 is 23.1. The minimum absolute atomic E-state index is 0.0581. The van der Waals surface area contributed by atoms with E-state index < -0.39 is 30.4 Å². The van der Waals surface area contributed by atoms with E-state index in [1.807, 2.05) is 0 Å². The molecule has 2 aliphatic heterocycles. The lowest BCUT2D eigenvalue weighted by atomic mass is 10.1. The van der Waals surface area contributed by atoms with Gasteiger partial charge >= 0.3 is 12.1 Å². The quantitative estimate of drug-likeness (QED) is 0.564. The maximum atomic E-state index is 12.2. The van der Waals surface area contributed by atoms with Gasteiger partial charge in [0, 0.05) is 11.3 Å². The van der Waals surface area contributed by atoms with E-state index in [2.05, 4.69) is 20.4 Å². The molecule has 158 valence electrons. The summed E-state index contributed by atoms with van der Waals surface area (Å²) in [5, 5.41) is 10.4. The van der Waals surface area contributed by atoms with Gasteiger partial charge in [0.2, 0.25) is 0 Å². The summed E-state index contributed by atoms with van der Waals surface area (Å²) in [5.41, 5.74) is 1.14. The summed E-state index contributed by atoms with van der Waals surface area (Å²) in [6, 6.07) is 6.18. The van der Waals surface area contributed by atoms with E-state index in [1.165, 1.54) is 24.9 Å². The van der Waals surface area contributed by atoms with Crippen LogP contribution in [0.5, 0.6) is 0 Å². The zero-order chi connectivity index (χ0) is 21.3. The Morgan fingerprint density at radius 1 is 1.13 bits per heavy atom. The fourth-order valence-corrected chi connectivity index (χ4v) is 3.48. The second-order valence-corrected chi connectivity index (χ2v) is 6.94. The van der Waals surface area contributed by atoms with Crippen LogP contribution in [-0.4, -0.2) is 71.5 Å². The molecule has 0 bridgehead atoms. The van der Waals surface area contributed by atoms with Crippen LogP contribution in [0.15, 0.2) is 30.5 Å². The summed E-state index contributed by atoms with van der Waals surface area (Å²) >= 11 is 0. The number of carbonyl (C=O) groups is 3. The number of carbonyl (C=O) groups excluding carboxylic acids is 3. The first kappa shape index (κ1) is 20.0. The number of rotatable bonds is 5. The minimum atomic E-state index is -0.652. The molecule has 2 fully saturated rings. The zero-order valence-electron chi connectivity index (χ0n) is 16.3. The molecule has 1 amide bonds. The van der Waals surface area contributed by atoms with E-state index in [0.29, 0.717) is 11.3 Å². The third-order valence-corrected chi connectivity index (χ3v) is 5.02. The van der Waals surface area contributed by atoms with E-state index in [-0.39, 0.29) is 30.7 Å². The van der Waals surface area contributed by atoms with Crippen molar-refractivity contribution >= 4 is 23.5 Å². The third kappa shape index (κ3) is 3.89. The number of amides is 1. The van der Waals surface area contributed by atoms with E-state index >= 15 is 0 Å². The van der Waals surface area contributed by atoms with Crippen LogP contribution < -0.4 is 5.32 Å². The lowest BCUT2D eigenvalue weighted by Crippen LogP contribution is -2.34. The highest BCUT2D eigenvalue weighted by Gasteiger charge is 2.50. The number of nitrogens with one attached hydrogen (secondary N) is 1. The second-order valence-electron chi connectivity index (χ2n) is 6.94. The minimum Gasteiger partial charge on any atom is -0.464 e. The Balaban J connectivity index is 1.35. The predicted molar refractivity (Wildman–Crippen MR) is 100 cm³/mol. The van der Waals surface area contributed by atoms with Gasteiger partial charge in [0.05, 0.1) is 26.5 Å². The Morgan fingerprint density at radius 2 is 1.87 bits per heavy atom. The van der Waals surface area contributed by atoms with Crippen molar-refractivity contribution in [1.29, 1.82) is 0 Å². The summed E-state index contributed by atoms with van der Waals surface area (Å²) in [5.74, 6) is -0.643. The lowest BCUT2D eigenvalue weighted by Gasteiger charge is -2.17. The normalized spacial score (nSPS) is 24.9. The first-order valence-corrected chi connectivity index (χ1v) is 9.28. The average molecular weight is 416 g/mol. The second kappa shape index (κ2) is 8.20. The Morgan fingerprint density at radius 3 is 2.57 bits per heavy atom. The van der Waals surface area contributed by atoms with Crippen molar-refractivity contribution in [3.63, 3.8) is 0 Å². The molecule has 0 unspecified atom stereocenters. The first-order chi connectivity index (χ1) is 14.5. The first-order valence-electron chi connectivity index (χ1n) is 9.28. The van der Waals surface area contributed by atoms with Crippen LogP contribution in [0.3, 0.4) is 0 Å². The van der Waals surface area contributed by atoms with Gasteiger partial charge in [-0.05, 0) is 31.2 Å². The fraction of sp³-hybridized carbons (Fsp3) is 0.421. The molecule has 1 aromatic heterocycles. The molecule has 2 saturated heterocycles. The largest absolute Gasteiger partial charge is 0.464 e. The molecule has 11 nitrogen and oxygen atoms in total. The predicted octanol–water partition coefficient (Wildman–Crippen LogP) is 1.22. The molecule has 1 aromatic carbocycles. The number of fused-ring (bicyclic) bond motifs is 1. The highest BCUT2D eigenvalue weighted by molar-refractivity contribution is 5.95. The van der Waals surface area contributed by atoms with Crippen molar-refractivity contribution in [3.8, 4) is 0 Å². The molecular weight excluding hydrogens is 396 g/mol. The molecule has 1 N–H and O–H groups in total. The Hall–Kier alpha value is -3.31. The van der Waals surface area contributed by atoms with Gasteiger partial charge in [-0.1, -0.05) is 5.21 Å². The smallest absolute Gasteiger partial charge is 0.412 e. The van der Waals surface area contributed by atoms with Crippen LogP contribution in [0.2, 0.25) is 0 Å². The van der Waals surface area contributed by atoms with Crippen molar-refractivity contribution in [2.45, 2.75) is 31.3 Å². The highest BCUT2D eigenvalue weighted by atomic mass is 16.6. The highest BCUT2D eigenvalue weighted by Crippen LogP contribution is 2.35. The lowest BCUT2D eigenvalue weighted by molar-refractivity contribution is 0.00770. The van der Waals surface area contributed by atoms with Crippen LogP contribution in [-0.2, 0) is 18.9 Å². The van der Waals surface area contributed by atoms with E-state index in [9.17, 15) is 14.4 Å². The standard InChI is InChI=1S/C19H20N4O7/c1-10(24)11-3-5-12(6-4-11)20-19(26)30-15-9-29-16-14(8-28-17(15)16)23-7-13(21-22-23)18(25)27-2/h3-7,14-17H,8-9H2,1-2H3,(H,20,26)/t14-,15+,16+,17+/m0/s1. The van der Waals surface area contributed by atoms with Gasteiger partial charge in [0.25, 0.3) is 0 Å². The molecule has 0 saturated carbocycles. The molecule has 0 aliphatic carbocycles.